The third kappa shape index (κ3) is 3.79. The average Bonchev–Trinajstić information content (AvgIpc) is 3.22. The van der Waals surface area contributed by atoms with Crippen molar-refractivity contribution in [2.45, 2.75) is 86.2 Å². The van der Waals surface area contributed by atoms with Gasteiger partial charge in [0, 0.05) is 11.3 Å². The second-order valence-corrected chi connectivity index (χ2v) is 11.6. The van der Waals surface area contributed by atoms with Crippen LogP contribution in [0.5, 0.6) is 5.88 Å². The SMILES string of the molecule is CC(C)Sc1c(OCC2(O)CC2)noc1C(=O)NC1C2CC3CC1CC(O)(C3)C2. The molecule has 5 aliphatic rings. The van der Waals surface area contributed by atoms with Crippen molar-refractivity contribution in [3.8, 4) is 5.88 Å². The summed E-state index contributed by atoms with van der Waals surface area (Å²) >= 11 is 1.48. The number of thioether (sulfide) groups is 1. The van der Waals surface area contributed by atoms with Gasteiger partial charge in [-0.05, 0) is 67.9 Å². The molecule has 1 heterocycles. The van der Waals surface area contributed by atoms with Crippen LogP contribution in [0.3, 0.4) is 0 Å². The Hall–Kier alpha value is -1.25. The Morgan fingerprint density at radius 3 is 2.55 bits per heavy atom. The van der Waals surface area contributed by atoms with E-state index in [2.05, 4.69) is 10.5 Å². The second kappa shape index (κ2) is 6.89. The molecule has 0 radical (unpaired) electrons. The molecule has 0 saturated heterocycles. The van der Waals surface area contributed by atoms with Gasteiger partial charge < -0.3 is 24.8 Å². The molecule has 3 N–H and O–H groups in total. The lowest BCUT2D eigenvalue weighted by molar-refractivity contribution is -0.137. The maximum absolute atomic E-state index is 13.1. The summed E-state index contributed by atoms with van der Waals surface area (Å²) in [5, 5.41) is 28.2. The van der Waals surface area contributed by atoms with Crippen LogP contribution in [0.25, 0.3) is 0 Å². The van der Waals surface area contributed by atoms with E-state index in [0.29, 0.717) is 22.6 Å². The lowest BCUT2D eigenvalue weighted by Gasteiger charge is -2.58. The van der Waals surface area contributed by atoms with Crippen LogP contribution in [-0.4, -0.2) is 50.4 Å². The Balaban J connectivity index is 1.32. The molecule has 5 aliphatic carbocycles. The Morgan fingerprint density at radius 1 is 1.28 bits per heavy atom. The zero-order valence-electron chi connectivity index (χ0n) is 17.0. The molecule has 1 aromatic heterocycles. The van der Waals surface area contributed by atoms with E-state index in [1.807, 2.05) is 13.8 Å². The molecule has 8 heteroatoms. The minimum absolute atomic E-state index is 0.0814. The average molecular weight is 423 g/mol. The fourth-order valence-electron chi connectivity index (χ4n) is 5.77. The monoisotopic (exact) mass is 422 g/mol. The number of carbonyl (C=O) groups excluding carboxylic acids is 1. The number of nitrogens with one attached hydrogen (secondary N) is 1. The third-order valence-electron chi connectivity index (χ3n) is 7.02. The number of hydrogen-bond donors (Lipinski definition) is 3. The standard InChI is InChI=1S/C21H30N2O5S/c1-11(2)29-17-16(28-23-19(17)27-10-20(25)3-4-20)18(24)22-15-13-5-12-6-14(15)9-21(26,7-12)8-13/h11-15,25-26H,3-10H2,1-2H3,(H,22,24). The summed E-state index contributed by atoms with van der Waals surface area (Å²) in [6.45, 7) is 4.24. The van der Waals surface area contributed by atoms with E-state index < -0.39 is 11.2 Å². The molecule has 0 aliphatic heterocycles. The topological polar surface area (TPSA) is 105 Å². The van der Waals surface area contributed by atoms with E-state index >= 15 is 0 Å². The minimum Gasteiger partial charge on any atom is -0.472 e. The number of aromatic nitrogens is 1. The molecule has 2 atom stereocenters. The Kier molecular flexibility index (Phi) is 4.68. The predicted octanol–water partition coefficient (Wildman–Crippen LogP) is 2.75. The first kappa shape index (κ1) is 19.7. The molecule has 5 saturated carbocycles. The minimum atomic E-state index is -0.762. The summed E-state index contributed by atoms with van der Waals surface area (Å²) < 4.78 is 11.1. The molecule has 5 fully saturated rings. The van der Waals surface area contributed by atoms with E-state index in [9.17, 15) is 15.0 Å². The van der Waals surface area contributed by atoms with Crippen LogP contribution >= 0.6 is 11.8 Å². The number of nitrogens with zero attached hydrogens (tertiary/aromatic N) is 1. The Morgan fingerprint density at radius 2 is 1.97 bits per heavy atom. The molecule has 160 valence electrons. The van der Waals surface area contributed by atoms with Crippen molar-refractivity contribution in [2.24, 2.45) is 17.8 Å². The first-order valence-electron chi connectivity index (χ1n) is 10.8. The van der Waals surface area contributed by atoms with Gasteiger partial charge in [-0.15, -0.1) is 11.8 Å². The van der Waals surface area contributed by atoms with E-state index in [0.717, 1.165) is 44.9 Å². The predicted molar refractivity (Wildman–Crippen MR) is 107 cm³/mol. The number of amides is 1. The van der Waals surface area contributed by atoms with Crippen LogP contribution in [0.4, 0.5) is 0 Å². The first-order valence-corrected chi connectivity index (χ1v) is 11.7. The maximum Gasteiger partial charge on any atom is 0.291 e. The van der Waals surface area contributed by atoms with Gasteiger partial charge in [0.25, 0.3) is 11.8 Å². The summed E-state index contributed by atoms with van der Waals surface area (Å²) in [6, 6.07) is 0.0814. The van der Waals surface area contributed by atoms with Gasteiger partial charge in [-0.1, -0.05) is 13.8 Å². The highest BCUT2D eigenvalue weighted by molar-refractivity contribution is 8.00. The van der Waals surface area contributed by atoms with Crippen LogP contribution in [0.15, 0.2) is 9.42 Å². The van der Waals surface area contributed by atoms with Gasteiger partial charge >= 0.3 is 0 Å². The fraction of sp³-hybridized carbons (Fsp3) is 0.810. The van der Waals surface area contributed by atoms with E-state index in [4.69, 9.17) is 9.26 Å². The van der Waals surface area contributed by atoms with Gasteiger partial charge in [-0.3, -0.25) is 4.79 Å². The number of hydrogen-bond acceptors (Lipinski definition) is 7. The number of rotatable bonds is 7. The van der Waals surface area contributed by atoms with Gasteiger partial charge in [0.05, 0.1) is 11.2 Å². The molecular weight excluding hydrogens is 392 g/mol. The summed E-state index contributed by atoms with van der Waals surface area (Å²) in [7, 11) is 0. The molecule has 7 nitrogen and oxygen atoms in total. The molecule has 1 amide bonds. The zero-order valence-corrected chi connectivity index (χ0v) is 17.8. The molecule has 6 rings (SSSR count). The van der Waals surface area contributed by atoms with E-state index in [1.165, 1.54) is 11.8 Å². The van der Waals surface area contributed by atoms with Crippen molar-refractivity contribution in [2.75, 3.05) is 6.61 Å². The van der Waals surface area contributed by atoms with E-state index in [-0.39, 0.29) is 35.4 Å². The lowest BCUT2D eigenvalue weighted by Crippen LogP contribution is -2.61. The van der Waals surface area contributed by atoms with Gasteiger partial charge in [0.2, 0.25) is 5.76 Å². The van der Waals surface area contributed by atoms with Crippen LogP contribution in [-0.2, 0) is 0 Å². The molecule has 0 aromatic carbocycles. The molecule has 1 aromatic rings. The Bertz CT molecular complexity index is 789. The van der Waals surface area contributed by atoms with Crippen LogP contribution in [0.2, 0.25) is 0 Å². The lowest BCUT2D eigenvalue weighted by atomic mass is 9.52. The van der Waals surface area contributed by atoms with Crippen molar-refractivity contribution in [1.82, 2.24) is 10.5 Å². The van der Waals surface area contributed by atoms with Crippen LogP contribution in [0, 0.1) is 17.8 Å². The van der Waals surface area contributed by atoms with Crippen molar-refractivity contribution >= 4 is 17.7 Å². The first-order chi connectivity index (χ1) is 13.7. The smallest absolute Gasteiger partial charge is 0.291 e. The fourth-order valence-corrected chi connectivity index (χ4v) is 6.67. The van der Waals surface area contributed by atoms with Crippen LogP contribution < -0.4 is 10.1 Å². The summed E-state index contributed by atoms with van der Waals surface area (Å²) in [4.78, 5) is 13.7. The summed E-state index contributed by atoms with van der Waals surface area (Å²) in [5.41, 5.74) is -1.28. The molecule has 29 heavy (non-hydrogen) atoms. The van der Waals surface area contributed by atoms with Gasteiger partial charge in [0.1, 0.15) is 11.5 Å². The summed E-state index contributed by atoms with van der Waals surface area (Å²) in [6.07, 6.45) is 6.10. The number of ether oxygens (including phenoxy) is 1. The van der Waals surface area contributed by atoms with Crippen molar-refractivity contribution < 1.29 is 24.3 Å². The molecular formula is C21H30N2O5S. The number of carbonyl (C=O) groups is 1. The number of aliphatic hydroxyl groups is 2. The molecule has 2 unspecified atom stereocenters. The maximum atomic E-state index is 13.1. The Labute approximate surface area is 174 Å². The third-order valence-corrected chi connectivity index (χ3v) is 8.09. The highest BCUT2D eigenvalue weighted by atomic mass is 32.2. The summed E-state index contributed by atoms with van der Waals surface area (Å²) in [5.74, 6) is 1.47. The highest BCUT2D eigenvalue weighted by Gasteiger charge is 2.55. The zero-order chi connectivity index (χ0) is 20.4. The van der Waals surface area contributed by atoms with E-state index in [1.54, 1.807) is 0 Å². The van der Waals surface area contributed by atoms with Gasteiger partial charge in [0.15, 0.2) is 0 Å². The van der Waals surface area contributed by atoms with Crippen molar-refractivity contribution in [1.29, 1.82) is 0 Å². The van der Waals surface area contributed by atoms with Gasteiger partial charge in [-0.2, -0.15) is 0 Å². The second-order valence-electron chi connectivity index (χ2n) is 10.0. The molecule has 0 spiro atoms. The highest BCUT2D eigenvalue weighted by Crippen LogP contribution is 2.55. The van der Waals surface area contributed by atoms with Crippen molar-refractivity contribution in [3.05, 3.63) is 5.76 Å². The van der Waals surface area contributed by atoms with Crippen LogP contribution in [0.1, 0.15) is 69.3 Å². The largest absolute Gasteiger partial charge is 0.472 e. The quantitative estimate of drug-likeness (QED) is 0.580. The van der Waals surface area contributed by atoms with Gasteiger partial charge in [-0.25, -0.2) is 0 Å². The van der Waals surface area contributed by atoms with Crippen molar-refractivity contribution in [3.63, 3.8) is 0 Å². The molecule has 4 bridgehead atoms. The normalized spacial score (nSPS) is 36.4.